The third-order valence-electron chi connectivity index (χ3n) is 4.50. The number of nitrogens with one attached hydrogen (secondary N) is 2. The van der Waals surface area contributed by atoms with E-state index in [-0.39, 0.29) is 11.4 Å². The summed E-state index contributed by atoms with van der Waals surface area (Å²) in [6, 6.07) is 13.4. The number of hydrogen-bond donors (Lipinski definition) is 2. The third-order valence-corrected chi connectivity index (χ3v) is 5.96. The van der Waals surface area contributed by atoms with Gasteiger partial charge in [-0.2, -0.15) is 5.10 Å². The van der Waals surface area contributed by atoms with Crippen LogP contribution in [0.5, 0.6) is 0 Å². The molecule has 0 saturated heterocycles. The standard InChI is InChI=1S/C20H24N4O2S/c1-14-4-7-17(8-5-14)13-20-22-19(23-24-20)10-11-21-27(25,26)18-9-6-15(2)16(3)12-18/h4-9,12,21H,10-11,13H2,1-3H3,(H,22,23,24). The molecule has 3 rings (SSSR count). The second-order valence-electron chi connectivity index (χ2n) is 6.75. The molecule has 0 aliphatic carbocycles. The van der Waals surface area contributed by atoms with Gasteiger partial charge in [0.1, 0.15) is 5.82 Å². The number of sulfonamides is 1. The van der Waals surface area contributed by atoms with E-state index in [4.69, 9.17) is 0 Å². The van der Waals surface area contributed by atoms with E-state index in [2.05, 4.69) is 51.1 Å². The number of H-pyrrole nitrogens is 1. The van der Waals surface area contributed by atoms with Crippen molar-refractivity contribution in [2.24, 2.45) is 0 Å². The lowest BCUT2D eigenvalue weighted by molar-refractivity contribution is 0.580. The molecule has 3 aromatic rings. The van der Waals surface area contributed by atoms with Gasteiger partial charge in [-0.05, 0) is 49.6 Å². The second kappa shape index (κ2) is 8.02. The van der Waals surface area contributed by atoms with Crippen molar-refractivity contribution in [2.45, 2.75) is 38.5 Å². The number of aromatic nitrogens is 3. The molecule has 1 heterocycles. The maximum Gasteiger partial charge on any atom is 0.240 e. The summed E-state index contributed by atoms with van der Waals surface area (Å²) in [6.45, 7) is 6.15. The van der Waals surface area contributed by atoms with Crippen LogP contribution in [0.1, 0.15) is 33.9 Å². The predicted octanol–water partition coefficient (Wildman–Crippen LogP) is 2.84. The highest BCUT2D eigenvalue weighted by Crippen LogP contribution is 2.14. The van der Waals surface area contributed by atoms with Crippen LogP contribution in [0, 0.1) is 20.8 Å². The summed E-state index contributed by atoms with van der Waals surface area (Å²) in [5.41, 5.74) is 4.38. The Bertz CT molecular complexity index is 1020. The molecular weight excluding hydrogens is 360 g/mol. The molecule has 0 saturated carbocycles. The van der Waals surface area contributed by atoms with Crippen LogP contribution in [0.4, 0.5) is 0 Å². The average molecular weight is 385 g/mol. The first-order chi connectivity index (χ1) is 12.8. The van der Waals surface area contributed by atoms with Crippen LogP contribution in [0.15, 0.2) is 47.4 Å². The van der Waals surface area contributed by atoms with Gasteiger partial charge in [0.2, 0.25) is 10.0 Å². The van der Waals surface area contributed by atoms with Gasteiger partial charge in [-0.1, -0.05) is 35.9 Å². The van der Waals surface area contributed by atoms with Crippen LogP contribution in [-0.2, 0) is 22.9 Å². The Hall–Kier alpha value is -2.51. The highest BCUT2D eigenvalue weighted by molar-refractivity contribution is 7.89. The fourth-order valence-electron chi connectivity index (χ4n) is 2.69. The monoisotopic (exact) mass is 384 g/mol. The molecule has 6 nitrogen and oxygen atoms in total. The van der Waals surface area contributed by atoms with Crippen molar-refractivity contribution < 1.29 is 8.42 Å². The zero-order valence-electron chi connectivity index (χ0n) is 15.8. The van der Waals surface area contributed by atoms with Crippen molar-refractivity contribution in [3.63, 3.8) is 0 Å². The smallest absolute Gasteiger partial charge is 0.240 e. The van der Waals surface area contributed by atoms with Crippen molar-refractivity contribution in [1.29, 1.82) is 0 Å². The lowest BCUT2D eigenvalue weighted by Crippen LogP contribution is -2.26. The number of rotatable bonds is 7. The molecule has 142 valence electrons. The topological polar surface area (TPSA) is 87.7 Å². The van der Waals surface area contributed by atoms with E-state index in [9.17, 15) is 8.42 Å². The Morgan fingerprint density at radius 3 is 2.44 bits per heavy atom. The molecule has 0 fully saturated rings. The summed E-state index contributed by atoms with van der Waals surface area (Å²) in [5, 5.41) is 7.10. The summed E-state index contributed by atoms with van der Waals surface area (Å²) >= 11 is 0. The van der Waals surface area contributed by atoms with Gasteiger partial charge >= 0.3 is 0 Å². The van der Waals surface area contributed by atoms with Gasteiger partial charge < -0.3 is 0 Å². The fourth-order valence-corrected chi connectivity index (χ4v) is 3.80. The van der Waals surface area contributed by atoms with Crippen molar-refractivity contribution in [3.8, 4) is 0 Å². The Morgan fingerprint density at radius 1 is 1.00 bits per heavy atom. The number of aryl methyl sites for hydroxylation is 3. The zero-order chi connectivity index (χ0) is 19.4. The van der Waals surface area contributed by atoms with E-state index < -0.39 is 10.0 Å². The summed E-state index contributed by atoms with van der Waals surface area (Å²) in [5.74, 6) is 1.37. The van der Waals surface area contributed by atoms with Crippen LogP contribution >= 0.6 is 0 Å². The number of benzene rings is 2. The SMILES string of the molecule is Cc1ccc(Cc2nc(CCNS(=O)(=O)c3ccc(C)c(C)c3)n[nH]2)cc1. The van der Waals surface area contributed by atoms with Crippen molar-refractivity contribution in [1.82, 2.24) is 19.9 Å². The van der Waals surface area contributed by atoms with E-state index in [1.54, 1.807) is 12.1 Å². The maximum absolute atomic E-state index is 12.4. The van der Waals surface area contributed by atoms with Crippen molar-refractivity contribution >= 4 is 10.0 Å². The number of hydrogen-bond acceptors (Lipinski definition) is 4. The minimum absolute atomic E-state index is 0.247. The Kier molecular flexibility index (Phi) is 5.72. The first-order valence-electron chi connectivity index (χ1n) is 8.86. The molecule has 0 radical (unpaired) electrons. The van der Waals surface area contributed by atoms with E-state index >= 15 is 0 Å². The van der Waals surface area contributed by atoms with Crippen LogP contribution in [0.2, 0.25) is 0 Å². The fraction of sp³-hybridized carbons (Fsp3) is 0.300. The molecular formula is C20H24N4O2S. The molecule has 0 bridgehead atoms. The molecule has 2 N–H and O–H groups in total. The lowest BCUT2D eigenvalue weighted by Gasteiger charge is -2.07. The summed E-state index contributed by atoms with van der Waals surface area (Å²) < 4.78 is 27.4. The lowest BCUT2D eigenvalue weighted by atomic mass is 10.1. The van der Waals surface area contributed by atoms with Crippen molar-refractivity contribution in [2.75, 3.05) is 6.54 Å². The average Bonchev–Trinajstić information content (AvgIpc) is 3.06. The largest absolute Gasteiger partial charge is 0.263 e. The van der Waals surface area contributed by atoms with Gasteiger partial charge in [-0.15, -0.1) is 0 Å². The Labute approximate surface area is 160 Å². The first-order valence-corrected chi connectivity index (χ1v) is 10.3. The highest BCUT2D eigenvalue weighted by Gasteiger charge is 2.14. The van der Waals surface area contributed by atoms with Crippen LogP contribution in [0.3, 0.4) is 0 Å². The third kappa shape index (κ3) is 5.02. The molecule has 0 aliphatic heterocycles. The first kappa shape index (κ1) is 19.3. The van der Waals surface area contributed by atoms with Gasteiger partial charge in [0.05, 0.1) is 4.90 Å². The van der Waals surface area contributed by atoms with Gasteiger partial charge in [-0.3, -0.25) is 5.10 Å². The van der Waals surface area contributed by atoms with Gasteiger partial charge in [0, 0.05) is 19.4 Å². The van der Waals surface area contributed by atoms with Crippen LogP contribution in [-0.4, -0.2) is 30.1 Å². The van der Waals surface area contributed by atoms with Gasteiger partial charge in [0.15, 0.2) is 5.82 Å². The highest BCUT2D eigenvalue weighted by atomic mass is 32.2. The van der Waals surface area contributed by atoms with Crippen LogP contribution < -0.4 is 4.72 Å². The number of aromatic amines is 1. The second-order valence-corrected chi connectivity index (χ2v) is 8.52. The normalized spacial score (nSPS) is 11.7. The summed E-state index contributed by atoms with van der Waals surface area (Å²) in [7, 11) is -3.53. The Balaban J connectivity index is 1.56. The summed E-state index contributed by atoms with van der Waals surface area (Å²) in [6.07, 6.45) is 1.09. The van der Waals surface area contributed by atoms with Gasteiger partial charge in [0.25, 0.3) is 0 Å². The van der Waals surface area contributed by atoms with E-state index in [1.165, 1.54) is 5.56 Å². The minimum atomic E-state index is -3.53. The van der Waals surface area contributed by atoms with E-state index in [0.29, 0.717) is 18.7 Å². The maximum atomic E-state index is 12.4. The molecule has 0 aliphatic rings. The quantitative estimate of drug-likeness (QED) is 0.656. The molecule has 0 unspecified atom stereocenters. The van der Waals surface area contributed by atoms with Gasteiger partial charge in [-0.25, -0.2) is 18.1 Å². The molecule has 1 aromatic heterocycles. The van der Waals surface area contributed by atoms with Crippen LogP contribution in [0.25, 0.3) is 0 Å². The molecule has 27 heavy (non-hydrogen) atoms. The summed E-state index contributed by atoms with van der Waals surface area (Å²) in [4.78, 5) is 4.72. The Morgan fingerprint density at radius 2 is 1.74 bits per heavy atom. The predicted molar refractivity (Wildman–Crippen MR) is 105 cm³/mol. The number of nitrogens with zero attached hydrogens (tertiary/aromatic N) is 2. The molecule has 2 aromatic carbocycles. The van der Waals surface area contributed by atoms with E-state index in [1.807, 2.05) is 19.9 Å². The van der Waals surface area contributed by atoms with Crippen molar-refractivity contribution in [3.05, 3.63) is 76.4 Å². The minimum Gasteiger partial charge on any atom is -0.263 e. The molecule has 0 amide bonds. The zero-order valence-corrected chi connectivity index (χ0v) is 16.6. The van der Waals surface area contributed by atoms with E-state index in [0.717, 1.165) is 22.5 Å². The molecule has 0 atom stereocenters. The molecule has 0 spiro atoms. The molecule has 7 heteroatoms.